The minimum absolute atomic E-state index is 1.09. The van der Waals surface area contributed by atoms with Gasteiger partial charge in [-0.05, 0) is 70.0 Å². The van der Waals surface area contributed by atoms with Crippen molar-refractivity contribution in [1.82, 2.24) is 0 Å². The van der Waals surface area contributed by atoms with Gasteiger partial charge in [0.05, 0.1) is 0 Å². The predicted octanol–water partition coefficient (Wildman–Crippen LogP) is 7.74. The average molecular weight is 351 g/mol. The fourth-order valence-corrected chi connectivity index (χ4v) is 4.17. The average Bonchev–Trinajstić information content (AvgIpc) is 2.70. The SMILES string of the molecule is CCCc1c(-c2ccccc2C)cccc1-c1ccc(C)c2ccccc12. The predicted molar refractivity (Wildman–Crippen MR) is 118 cm³/mol. The molecule has 4 rings (SSSR count). The minimum atomic E-state index is 1.09. The van der Waals surface area contributed by atoms with Crippen LogP contribution in [0.1, 0.15) is 30.0 Å². The van der Waals surface area contributed by atoms with Crippen LogP contribution in [0.4, 0.5) is 0 Å². The van der Waals surface area contributed by atoms with Crippen LogP contribution < -0.4 is 0 Å². The van der Waals surface area contributed by atoms with E-state index in [2.05, 4.69) is 99.6 Å². The molecule has 0 saturated heterocycles. The first kappa shape index (κ1) is 17.5. The Labute approximate surface area is 162 Å². The molecule has 4 aromatic carbocycles. The molecular formula is C27H26. The van der Waals surface area contributed by atoms with E-state index in [1.54, 1.807) is 0 Å². The van der Waals surface area contributed by atoms with Crippen molar-refractivity contribution in [2.24, 2.45) is 0 Å². The van der Waals surface area contributed by atoms with Crippen LogP contribution in [-0.2, 0) is 6.42 Å². The van der Waals surface area contributed by atoms with E-state index in [9.17, 15) is 0 Å². The first-order valence-electron chi connectivity index (χ1n) is 9.87. The smallest absolute Gasteiger partial charge is 0.0102 e. The molecule has 0 spiro atoms. The van der Waals surface area contributed by atoms with Gasteiger partial charge in [0.25, 0.3) is 0 Å². The second-order valence-electron chi connectivity index (χ2n) is 7.37. The molecule has 134 valence electrons. The number of aryl methyl sites for hydroxylation is 2. The van der Waals surface area contributed by atoms with E-state index in [0.717, 1.165) is 12.8 Å². The Morgan fingerprint density at radius 1 is 0.519 bits per heavy atom. The number of hydrogen-bond donors (Lipinski definition) is 0. The zero-order valence-electron chi connectivity index (χ0n) is 16.4. The molecule has 0 atom stereocenters. The summed E-state index contributed by atoms with van der Waals surface area (Å²) in [6, 6.07) is 28.9. The summed E-state index contributed by atoms with van der Waals surface area (Å²) in [6.45, 7) is 6.67. The van der Waals surface area contributed by atoms with Gasteiger partial charge in [-0.3, -0.25) is 0 Å². The Hall–Kier alpha value is -2.86. The maximum absolute atomic E-state index is 2.30. The van der Waals surface area contributed by atoms with Gasteiger partial charge in [-0.25, -0.2) is 0 Å². The van der Waals surface area contributed by atoms with Crippen molar-refractivity contribution in [1.29, 1.82) is 0 Å². The van der Waals surface area contributed by atoms with Crippen molar-refractivity contribution >= 4 is 10.8 Å². The summed E-state index contributed by atoms with van der Waals surface area (Å²) in [6.07, 6.45) is 2.22. The van der Waals surface area contributed by atoms with E-state index in [1.807, 2.05) is 0 Å². The summed E-state index contributed by atoms with van der Waals surface area (Å²) in [5.41, 5.74) is 9.56. The van der Waals surface area contributed by atoms with Crippen LogP contribution in [0.5, 0.6) is 0 Å². The van der Waals surface area contributed by atoms with Crippen LogP contribution in [-0.4, -0.2) is 0 Å². The van der Waals surface area contributed by atoms with Gasteiger partial charge in [-0.2, -0.15) is 0 Å². The molecule has 0 nitrogen and oxygen atoms in total. The monoisotopic (exact) mass is 350 g/mol. The fraction of sp³-hybridized carbons (Fsp3) is 0.185. The Morgan fingerprint density at radius 3 is 1.89 bits per heavy atom. The third kappa shape index (κ3) is 3.17. The largest absolute Gasteiger partial charge is 0.0651 e. The molecule has 0 aliphatic rings. The topological polar surface area (TPSA) is 0 Å². The lowest BCUT2D eigenvalue weighted by molar-refractivity contribution is 0.925. The molecule has 0 bridgehead atoms. The van der Waals surface area contributed by atoms with Crippen LogP contribution >= 0.6 is 0 Å². The molecule has 0 radical (unpaired) electrons. The molecule has 0 fully saturated rings. The summed E-state index contributed by atoms with van der Waals surface area (Å²) in [4.78, 5) is 0. The van der Waals surface area contributed by atoms with Gasteiger partial charge >= 0.3 is 0 Å². The normalized spacial score (nSPS) is 11.1. The van der Waals surface area contributed by atoms with E-state index < -0.39 is 0 Å². The number of rotatable bonds is 4. The highest BCUT2D eigenvalue weighted by Gasteiger charge is 2.14. The summed E-state index contributed by atoms with van der Waals surface area (Å²) in [5, 5.41) is 2.69. The summed E-state index contributed by atoms with van der Waals surface area (Å²) in [7, 11) is 0. The van der Waals surface area contributed by atoms with Gasteiger partial charge < -0.3 is 0 Å². The standard InChI is InChI=1S/C27H26/c1-4-10-23-25(21-12-6-5-11-19(21)2)15-9-16-26(23)27-18-17-20(3)22-13-7-8-14-24(22)27/h5-9,11-18H,4,10H2,1-3H3. The van der Waals surface area contributed by atoms with Crippen molar-refractivity contribution in [3.05, 3.63) is 95.6 Å². The first-order valence-corrected chi connectivity index (χ1v) is 9.87. The zero-order valence-corrected chi connectivity index (χ0v) is 16.4. The number of hydrogen-bond acceptors (Lipinski definition) is 0. The molecule has 0 amide bonds. The Balaban J connectivity index is 2.02. The van der Waals surface area contributed by atoms with E-state index in [1.165, 1.54) is 49.7 Å². The molecular weight excluding hydrogens is 324 g/mol. The Morgan fingerprint density at radius 2 is 1.15 bits per heavy atom. The van der Waals surface area contributed by atoms with Crippen molar-refractivity contribution in [3.8, 4) is 22.3 Å². The summed E-state index contributed by atoms with van der Waals surface area (Å²) in [5.74, 6) is 0. The lowest BCUT2D eigenvalue weighted by atomic mass is 9.86. The molecule has 0 aliphatic carbocycles. The number of benzene rings is 4. The van der Waals surface area contributed by atoms with Crippen molar-refractivity contribution in [3.63, 3.8) is 0 Å². The molecule has 0 heterocycles. The van der Waals surface area contributed by atoms with Crippen molar-refractivity contribution < 1.29 is 0 Å². The second kappa shape index (κ2) is 7.40. The Bertz CT molecular complexity index is 1100. The fourth-order valence-electron chi connectivity index (χ4n) is 4.17. The van der Waals surface area contributed by atoms with Crippen LogP contribution in [0, 0.1) is 13.8 Å². The summed E-state index contributed by atoms with van der Waals surface area (Å²) < 4.78 is 0. The number of fused-ring (bicyclic) bond motifs is 1. The molecule has 0 N–H and O–H groups in total. The zero-order chi connectivity index (χ0) is 18.8. The summed E-state index contributed by atoms with van der Waals surface area (Å²) >= 11 is 0. The third-order valence-corrected chi connectivity index (χ3v) is 5.54. The van der Waals surface area contributed by atoms with E-state index >= 15 is 0 Å². The first-order chi connectivity index (χ1) is 13.2. The van der Waals surface area contributed by atoms with Crippen molar-refractivity contribution in [2.75, 3.05) is 0 Å². The lowest BCUT2D eigenvalue weighted by Crippen LogP contribution is -1.96. The van der Waals surface area contributed by atoms with E-state index in [4.69, 9.17) is 0 Å². The van der Waals surface area contributed by atoms with E-state index in [-0.39, 0.29) is 0 Å². The lowest BCUT2D eigenvalue weighted by Gasteiger charge is -2.18. The van der Waals surface area contributed by atoms with Crippen LogP contribution in [0.25, 0.3) is 33.0 Å². The van der Waals surface area contributed by atoms with Gasteiger partial charge in [0.2, 0.25) is 0 Å². The van der Waals surface area contributed by atoms with Gasteiger partial charge in [-0.15, -0.1) is 0 Å². The second-order valence-corrected chi connectivity index (χ2v) is 7.37. The highest BCUT2D eigenvalue weighted by molar-refractivity contribution is 6.00. The van der Waals surface area contributed by atoms with Crippen molar-refractivity contribution in [2.45, 2.75) is 33.6 Å². The minimum Gasteiger partial charge on any atom is -0.0651 e. The quantitative estimate of drug-likeness (QED) is 0.353. The Kier molecular flexibility index (Phi) is 4.81. The molecule has 0 unspecified atom stereocenters. The molecule has 0 aromatic heterocycles. The van der Waals surface area contributed by atoms with Crippen LogP contribution in [0.15, 0.2) is 78.9 Å². The van der Waals surface area contributed by atoms with Gasteiger partial charge in [0.1, 0.15) is 0 Å². The highest BCUT2D eigenvalue weighted by Crippen LogP contribution is 2.38. The van der Waals surface area contributed by atoms with Crippen LogP contribution in [0.3, 0.4) is 0 Å². The van der Waals surface area contributed by atoms with Gasteiger partial charge in [0, 0.05) is 0 Å². The third-order valence-electron chi connectivity index (χ3n) is 5.54. The highest BCUT2D eigenvalue weighted by atomic mass is 14.2. The van der Waals surface area contributed by atoms with E-state index in [0.29, 0.717) is 0 Å². The molecule has 0 heteroatoms. The molecule has 4 aromatic rings. The molecule has 0 aliphatic heterocycles. The molecule has 27 heavy (non-hydrogen) atoms. The van der Waals surface area contributed by atoms with Gasteiger partial charge in [0.15, 0.2) is 0 Å². The maximum Gasteiger partial charge on any atom is -0.0102 e. The molecule has 0 saturated carbocycles. The maximum atomic E-state index is 2.30. The van der Waals surface area contributed by atoms with Gasteiger partial charge in [-0.1, -0.05) is 92.2 Å². The van der Waals surface area contributed by atoms with Crippen LogP contribution in [0.2, 0.25) is 0 Å².